The van der Waals surface area contributed by atoms with Crippen molar-refractivity contribution in [3.63, 3.8) is 0 Å². The highest BCUT2D eigenvalue weighted by molar-refractivity contribution is 7.92. The van der Waals surface area contributed by atoms with Crippen molar-refractivity contribution in [2.45, 2.75) is 25.3 Å². The topological polar surface area (TPSA) is 98.2 Å². The molecule has 1 N–H and O–H groups in total. The first-order chi connectivity index (χ1) is 9.62. The highest BCUT2D eigenvalue weighted by Crippen LogP contribution is 2.38. The van der Waals surface area contributed by atoms with Crippen molar-refractivity contribution in [3.05, 3.63) is 41.3 Å². The molecule has 0 radical (unpaired) electrons. The summed E-state index contributed by atoms with van der Waals surface area (Å²) >= 11 is 0. The molecule has 2 aromatic rings. The van der Waals surface area contributed by atoms with Gasteiger partial charge in [0.15, 0.2) is 5.82 Å². The molecule has 0 amide bonds. The number of nitrogens with zero attached hydrogens (tertiary/aromatic N) is 2. The molecule has 1 saturated carbocycles. The standard InChI is InChI=1S/C12H13N3O4S/c16-20(17,7-5-10-2-1-6-18-10)13-8-11-14-12(15-19-11)9-3-4-9/h1-2,5-7,9,13H,3-4,8H2/b7-5+. The zero-order chi connectivity index (χ0) is 14.0. The molecule has 0 spiro atoms. The monoisotopic (exact) mass is 295 g/mol. The van der Waals surface area contributed by atoms with Gasteiger partial charge in [-0.15, -0.1) is 0 Å². The highest BCUT2D eigenvalue weighted by atomic mass is 32.2. The average Bonchev–Trinajstić information content (AvgIpc) is 2.96. The maximum Gasteiger partial charge on any atom is 0.241 e. The SMILES string of the molecule is O=S(=O)(/C=C/c1ccco1)NCc1nc(C2CC2)no1. The maximum absolute atomic E-state index is 11.7. The molecule has 8 heteroatoms. The lowest BCUT2D eigenvalue weighted by molar-refractivity contribution is 0.370. The lowest BCUT2D eigenvalue weighted by Crippen LogP contribution is -2.20. The van der Waals surface area contributed by atoms with Crippen LogP contribution in [-0.4, -0.2) is 18.6 Å². The second kappa shape index (κ2) is 5.22. The van der Waals surface area contributed by atoms with Crippen molar-refractivity contribution < 1.29 is 17.4 Å². The molecule has 0 aliphatic heterocycles. The van der Waals surface area contributed by atoms with Crippen LogP contribution in [0.2, 0.25) is 0 Å². The minimum absolute atomic E-state index is 0.0233. The van der Waals surface area contributed by atoms with Crippen LogP contribution < -0.4 is 4.72 Å². The summed E-state index contributed by atoms with van der Waals surface area (Å²) in [5.74, 6) is 1.76. The molecular weight excluding hydrogens is 282 g/mol. The molecule has 3 rings (SSSR count). The van der Waals surface area contributed by atoms with E-state index in [0.717, 1.165) is 18.2 Å². The summed E-state index contributed by atoms with van der Waals surface area (Å²) in [6.07, 6.45) is 4.97. The Bertz CT molecular complexity index is 699. The molecule has 106 valence electrons. The fourth-order valence-electron chi connectivity index (χ4n) is 1.60. The first-order valence-electron chi connectivity index (χ1n) is 6.16. The summed E-state index contributed by atoms with van der Waals surface area (Å²) < 4.78 is 35.8. The Kier molecular flexibility index (Phi) is 3.41. The smallest absolute Gasteiger partial charge is 0.241 e. The van der Waals surface area contributed by atoms with Crippen LogP contribution in [0.5, 0.6) is 0 Å². The van der Waals surface area contributed by atoms with Gasteiger partial charge in [-0.25, -0.2) is 13.1 Å². The maximum atomic E-state index is 11.7. The Morgan fingerprint density at radius 1 is 1.45 bits per heavy atom. The van der Waals surface area contributed by atoms with Crippen molar-refractivity contribution >= 4 is 16.1 Å². The van der Waals surface area contributed by atoms with E-state index in [4.69, 9.17) is 8.94 Å². The largest absolute Gasteiger partial charge is 0.465 e. The molecule has 2 aromatic heterocycles. The zero-order valence-electron chi connectivity index (χ0n) is 10.5. The molecule has 0 saturated heterocycles. The predicted molar refractivity (Wildman–Crippen MR) is 69.8 cm³/mol. The average molecular weight is 295 g/mol. The third-order valence-electron chi connectivity index (χ3n) is 2.81. The Hall–Kier alpha value is -1.93. The van der Waals surface area contributed by atoms with E-state index >= 15 is 0 Å². The van der Waals surface area contributed by atoms with Crippen molar-refractivity contribution in [3.8, 4) is 0 Å². The van der Waals surface area contributed by atoms with Crippen molar-refractivity contribution in [1.29, 1.82) is 0 Å². The fourth-order valence-corrected chi connectivity index (χ4v) is 2.33. The van der Waals surface area contributed by atoms with Crippen LogP contribution >= 0.6 is 0 Å². The second-order valence-corrected chi connectivity index (χ2v) is 6.16. The molecule has 0 atom stereocenters. The minimum atomic E-state index is -3.57. The Morgan fingerprint density at radius 2 is 2.30 bits per heavy atom. The Morgan fingerprint density at radius 3 is 3.00 bits per heavy atom. The van der Waals surface area contributed by atoms with E-state index in [1.54, 1.807) is 12.1 Å². The summed E-state index contributed by atoms with van der Waals surface area (Å²) in [6, 6.07) is 3.34. The number of sulfonamides is 1. The van der Waals surface area contributed by atoms with E-state index in [1.807, 2.05) is 0 Å². The van der Waals surface area contributed by atoms with Gasteiger partial charge in [0.05, 0.1) is 12.8 Å². The van der Waals surface area contributed by atoms with Gasteiger partial charge < -0.3 is 8.94 Å². The van der Waals surface area contributed by atoms with Gasteiger partial charge in [0.1, 0.15) is 5.76 Å². The van der Waals surface area contributed by atoms with Gasteiger partial charge in [0.2, 0.25) is 15.9 Å². The lowest BCUT2D eigenvalue weighted by atomic mass is 10.4. The van der Waals surface area contributed by atoms with E-state index in [2.05, 4.69) is 14.9 Å². The van der Waals surface area contributed by atoms with Crippen LogP contribution in [0.15, 0.2) is 32.7 Å². The molecule has 0 aromatic carbocycles. The van der Waals surface area contributed by atoms with Gasteiger partial charge >= 0.3 is 0 Å². The Balaban J connectivity index is 1.58. The zero-order valence-corrected chi connectivity index (χ0v) is 11.3. The first-order valence-corrected chi connectivity index (χ1v) is 7.71. The van der Waals surface area contributed by atoms with Gasteiger partial charge in [-0.2, -0.15) is 4.98 Å². The highest BCUT2D eigenvalue weighted by Gasteiger charge is 2.28. The molecule has 1 aliphatic rings. The summed E-state index contributed by atoms with van der Waals surface area (Å²) in [6.45, 7) is -0.0233. The lowest BCUT2D eigenvalue weighted by Gasteiger charge is -1.97. The normalized spacial score (nSPS) is 16.0. The number of furan rings is 1. The second-order valence-electron chi connectivity index (χ2n) is 4.50. The van der Waals surface area contributed by atoms with Crippen LogP contribution in [-0.2, 0) is 16.6 Å². The summed E-state index contributed by atoms with van der Waals surface area (Å²) in [5.41, 5.74) is 0. The van der Waals surface area contributed by atoms with Crippen LogP contribution in [0.3, 0.4) is 0 Å². The minimum Gasteiger partial charge on any atom is -0.465 e. The van der Waals surface area contributed by atoms with E-state index in [0.29, 0.717) is 17.5 Å². The van der Waals surface area contributed by atoms with Gasteiger partial charge in [-0.1, -0.05) is 5.16 Å². The van der Waals surface area contributed by atoms with Crippen LogP contribution in [0.4, 0.5) is 0 Å². The molecule has 1 fully saturated rings. The number of hydrogen-bond acceptors (Lipinski definition) is 6. The van der Waals surface area contributed by atoms with E-state index in [1.165, 1.54) is 12.3 Å². The van der Waals surface area contributed by atoms with Crippen LogP contribution in [0.25, 0.3) is 6.08 Å². The van der Waals surface area contributed by atoms with E-state index in [9.17, 15) is 8.42 Å². The quantitative estimate of drug-likeness (QED) is 0.869. The first kappa shape index (κ1) is 13.1. The predicted octanol–water partition coefficient (Wildman–Crippen LogP) is 1.63. The van der Waals surface area contributed by atoms with Gasteiger partial charge in [-0.05, 0) is 31.1 Å². The van der Waals surface area contributed by atoms with Gasteiger partial charge in [-0.3, -0.25) is 0 Å². The van der Waals surface area contributed by atoms with Crippen LogP contribution in [0.1, 0.15) is 36.2 Å². The van der Waals surface area contributed by atoms with Crippen molar-refractivity contribution in [2.24, 2.45) is 0 Å². The van der Waals surface area contributed by atoms with Crippen LogP contribution in [0, 0.1) is 0 Å². The molecule has 2 heterocycles. The molecular formula is C12H13N3O4S. The van der Waals surface area contributed by atoms with Crippen molar-refractivity contribution in [2.75, 3.05) is 0 Å². The summed E-state index contributed by atoms with van der Waals surface area (Å²) in [7, 11) is -3.57. The summed E-state index contributed by atoms with van der Waals surface area (Å²) in [4.78, 5) is 4.14. The molecule has 0 unspecified atom stereocenters. The molecule has 1 aliphatic carbocycles. The molecule has 7 nitrogen and oxygen atoms in total. The number of hydrogen-bond donors (Lipinski definition) is 1. The fraction of sp³-hybridized carbons (Fsp3) is 0.333. The van der Waals surface area contributed by atoms with Gasteiger partial charge in [0.25, 0.3) is 0 Å². The van der Waals surface area contributed by atoms with Gasteiger partial charge in [0, 0.05) is 11.3 Å². The Labute approximate surface area is 115 Å². The number of nitrogens with one attached hydrogen (secondary N) is 1. The van der Waals surface area contributed by atoms with E-state index < -0.39 is 10.0 Å². The summed E-state index contributed by atoms with van der Waals surface area (Å²) in [5, 5.41) is 4.84. The molecule has 20 heavy (non-hydrogen) atoms. The number of aromatic nitrogens is 2. The molecule has 0 bridgehead atoms. The van der Waals surface area contributed by atoms with E-state index in [-0.39, 0.29) is 12.4 Å². The number of rotatable bonds is 6. The third kappa shape index (κ3) is 3.34. The third-order valence-corrected chi connectivity index (χ3v) is 3.85. The van der Waals surface area contributed by atoms with Crippen molar-refractivity contribution in [1.82, 2.24) is 14.9 Å².